The van der Waals surface area contributed by atoms with Crippen molar-refractivity contribution in [3.05, 3.63) is 23.8 Å². The molecular weight excluding hydrogens is 381 g/mol. The molecule has 1 aromatic carbocycles. The van der Waals surface area contributed by atoms with Crippen LogP contribution in [0.25, 0.3) is 0 Å². The monoisotopic (exact) mass is 405 g/mol. The Kier molecular flexibility index (Phi) is 7.07. The van der Waals surface area contributed by atoms with Crippen molar-refractivity contribution in [1.29, 1.82) is 0 Å². The highest BCUT2D eigenvalue weighted by Gasteiger charge is 2.27. The van der Waals surface area contributed by atoms with Gasteiger partial charge in [0.05, 0.1) is 20.3 Å². The lowest BCUT2D eigenvalue weighted by molar-refractivity contribution is 0.310. The minimum atomic E-state index is 0. The Morgan fingerprint density at radius 2 is 2.10 bits per heavy atom. The minimum absolute atomic E-state index is 0. The fourth-order valence-corrected chi connectivity index (χ4v) is 2.02. The second kappa shape index (κ2) is 8.31. The van der Waals surface area contributed by atoms with Crippen LogP contribution in [0.3, 0.4) is 0 Å². The van der Waals surface area contributed by atoms with Gasteiger partial charge in [0.25, 0.3) is 0 Å². The van der Waals surface area contributed by atoms with Crippen molar-refractivity contribution in [2.75, 3.05) is 20.8 Å². The van der Waals surface area contributed by atoms with Crippen LogP contribution in [-0.2, 0) is 6.54 Å². The van der Waals surface area contributed by atoms with Crippen molar-refractivity contribution in [2.24, 2.45) is 10.7 Å². The lowest BCUT2D eigenvalue weighted by Crippen LogP contribution is -2.35. The molecule has 0 atom stereocenters. The number of hydrogen-bond acceptors (Lipinski definition) is 3. The van der Waals surface area contributed by atoms with E-state index >= 15 is 0 Å². The number of guanidine groups is 1. The van der Waals surface area contributed by atoms with Crippen molar-refractivity contribution in [3.63, 3.8) is 0 Å². The van der Waals surface area contributed by atoms with Crippen LogP contribution in [0.15, 0.2) is 23.2 Å². The van der Waals surface area contributed by atoms with Crippen LogP contribution >= 0.6 is 24.0 Å². The van der Waals surface area contributed by atoms with Crippen molar-refractivity contribution >= 4 is 29.9 Å². The van der Waals surface area contributed by atoms with E-state index in [1.54, 1.807) is 7.11 Å². The van der Waals surface area contributed by atoms with Crippen molar-refractivity contribution in [1.82, 2.24) is 4.90 Å². The Morgan fingerprint density at radius 3 is 2.67 bits per heavy atom. The van der Waals surface area contributed by atoms with Gasteiger partial charge in [-0.05, 0) is 37.5 Å². The molecule has 0 saturated heterocycles. The lowest BCUT2D eigenvalue weighted by Gasteiger charge is -2.17. The van der Waals surface area contributed by atoms with Gasteiger partial charge in [0.1, 0.15) is 0 Å². The first-order valence-electron chi connectivity index (χ1n) is 6.98. The Morgan fingerprint density at radius 1 is 1.38 bits per heavy atom. The van der Waals surface area contributed by atoms with Crippen LogP contribution in [-0.4, -0.2) is 37.7 Å². The Labute approximate surface area is 143 Å². The molecule has 5 nitrogen and oxygen atoms in total. The molecule has 2 rings (SSSR count). The number of benzene rings is 1. The zero-order chi connectivity index (χ0) is 14.5. The topological polar surface area (TPSA) is 60.1 Å². The van der Waals surface area contributed by atoms with Gasteiger partial charge in [0.2, 0.25) is 0 Å². The summed E-state index contributed by atoms with van der Waals surface area (Å²) in [5, 5.41) is 0. The van der Waals surface area contributed by atoms with Crippen LogP contribution in [0.5, 0.6) is 11.5 Å². The van der Waals surface area contributed by atoms with E-state index in [2.05, 4.69) is 4.99 Å². The van der Waals surface area contributed by atoms with Crippen LogP contribution in [0.1, 0.15) is 25.3 Å². The molecule has 21 heavy (non-hydrogen) atoms. The van der Waals surface area contributed by atoms with E-state index in [4.69, 9.17) is 15.2 Å². The number of aliphatic imine (C=N–C) groups is 1. The number of nitrogens with two attached hydrogens (primary N) is 1. The minimum Gasteiger partial charge on any atom is -0.493 e. The first-order chi connectivity index (χ1) is 9.65. The fraction of sp³-hybridized carbons (Fsp3) is 0.533. The molecule has 1 aliphatic carbocycles. The van der Waals surface area contributed by atoms with Gasteiger partial charge < -0.3 is 20.1 Å². The van der Waals surface area contributed by atoms with Gasteiger partial charge in [-0.3, -0.25) is 0 Å². The van der Waals surface area contributed by atoms with E-state index in [9.17, 15) is 0 Å². The zero-order valence-electron chi connectivity index (χ0n) is 12.8. The maximum absolute atomic E-state index is 5.97. The van der Waals surface area contributed by atoms with E-state index < -0.39 is 0 Å². The molecule has 0 bridgehead atoms. The molecule has 6 heteroatoms. The maximum atomic E-state index is 5.97. The molecule has 0 radical (unpaired) electrons. The summed E-state index contributed by atoms with van der Waals surface area (Å²) < 4.78 is 10.8. The number of methoxy groups -OCH3 is 1. The molecule has 0 amide bonds. The number of nitrogens with zero attached hydrogens (tertiary/aromatic N) is 2. The molecule has 1 fully saturated rings. The summed E-state index contributed by atoms with van der Waals surface area (Å²) in [7, 11) is 3.63. The molecule has 0 aliphatic heterocycles. The molecule has 1 aromatic rings. The van der Waals surface area contributed by atoms with E-state index in [0.717, 1.165) is 17.1 Å². The average Bonchev–Trinajstić information content (AvgIpc) is 3.29. The van der Waals surface area contributed by atoms with Gasteiger partial charge in [-0.25, -0.2) is 4.99 Å². The average molecular weight is 405 g/mol. The quantitative estimate of drug-likeness (QED) is 0.449. The summed E-state index contributed by atoms with van der Waals surface area (Å²) in [6.07, 6.45) is 2.42. The highest BCUT2D eigenvalue weighted by atomic mass is 127. The van der Waals surface area contributed by atoms with Crippen LogP contribution in [0.2, 0.25) is 0 Å². The number of halogens is 1. The Balaban J connectivity index is 0.00000220. The summed E-state index contributed by atoms with van der Waals surface area (Å²) in [4.78, 5) is 6.48. The third kappa shape index (κ3) is 4.94. The lowest BCUT2D eigenvalue weighted by atomic mass is 10.2. The molecule has 118 valence electrons. The van der Waals surface area contributed by atoms with Gasteiger partial charge in [-0.1, -0.05) is 6.07 Å². The third-order valence-corrected chi connectivity index (χ3v) is 3.41. The normalized spacial score (nSPS) is 14.3. The first kappa shape index (κ1) is 17.9. The van der Waals surface area contributed by atoms with Gasteiger partial charge in [0.15, 0.2) is 17.5 Å². The molecule has 0 unspecified atom stereocenters. The predicted octanol–water partition coefficient (Wildman–Crippen LogP) is 2.62. The molecule has 1 aliphatic rings. The van der Waals surface area contributed by atoms with E-state index in [0.29, 0.717) is 25.2 Å². The number of hydrogen-bond donors (Lipinski definition) is 1. The van der Waals surface area contributed by atoms with Gasteiger partial charge in [-0.2, -0.15) is 0 Å². The van der Waals surface area contributed by atoms with Gasteiger partial charge in [-0.15, -0.1) is 24.0 Å². The highest BCUT2D eigenvalue weighted by molar-refractivity contribution is 14.0. The molecule has 0 spiro atoms. The van der Waals surface area contributed by atoms with Gasteiger partial charge in [0, 0.05) is 13.1 Å². The maximum Gasteiger partial charge on any atom is 0.191 e. The summed E-state index contributed by atoms with van der Waals surface area (Å²) in [5.74, 6) is 2.08. The Hall–Kier alpha value is -1.18. The standard InChI is InChI=1S/C15H23N3O2.HI/c1-4-20-13-8-5-11(9-14(13)19-3)10-17-15(16)18(2)12-6-7-12;/h5,8-9,12H,4,6-7,10H2,1-3H3,(H2,16,17);1H. The van der Waals surface area contributed by atoms with Gasteiger partial charge >= 0.3 is 0 Å². The molecule has 0 aromatic heterocycles. The van der Waals surface area contributed by atoms with Crippen LogP contribution in [0, 0.1) is 0 Å². The Bertz CT molecular complexity index is 490. The third-order valence-electron chi connectivity index (χ3n) is 3.41. The van der Waals surface area contributed by atoms with Crippen molar-refractivity contribution in [2.45, 2.75) is 32.4 Å². The second-order valence-corrected chi connectivity index (χ2v) is 4.93. The SMILES string of the molecule is CCOc1ccc(CN=C(N)N(C)C2CC2)cc1OC.I. The smallest absolute Gasteiger partial charge is 0.191 e. The predicted molar refractivity (Wildman–Crippen MR) is 95.7 cm³/mol. The molecule has 1 saturated carbocycles. The summed E-state index contributed by atoms with van der Waals surface area (Å²) in [6, 6.07) is 6.42. The van der Waals surface area contributed by atoms with Crippen LogP contribution in [0.4, 0.5) is 0 Å². The molecular formula is C15H24IN3O2. The highest BCUT2D eigenvalue weighted by Crippen LogP contribution is 2.28. The van der Waals surface area contributed by atoms with E-state index in [-0.39, 0.29) is 24.0 Å². The summed E-state index contributed by atoms with van der Waals surface area (Å²) in [6.45, 7) is 3.12. The second-order valence-electron chi connectivity index (χ2n) is 4.93. The summed E-state index contributed by atoms with van der Waals surface area (Å²) >= 11 is 0. The number of rotatable bonds is 6. The summed E-state index contributed by atoms with van der Waals surface area (Å²) in [5.41, 5.74) is 7.03. The van der Waals surface area contributed by atoms with E-state index in [1.807, 2.05) is 37.1 Å². The first-order valence-corrected chi connectivity index (χ1v) is 6.98. The van der Waals surface area contributed by atoms with Crippen molar-refractivity contribution < 1.29 is 9.47 Å². The molecule has 0 heterocycles. The van der Waals surface area contributed by atoms with Crippen LogP contribution < -0.4 is 15.2 Å². The largest absolute Gasteiger partial charge is 0.493 e. The number of ether oxygens (including phenoxy) is 2. The van der Waals surface area contributed by atoms with Crippen molar-refractivity contribution in [3.8, 4) is 11.5 Å². The molecule has 2 N–H and O–H groups in total. The van der Waals surface area contributed by atoms with E-state index in [1.165, 1.54) is 12.8 Å². The zero-order valence-corrected chi connectivity index (χ0v) is 15.2. The fourth-order valence-electron chi connectivity index (χ4n) is 2.02.